The van der Waals surface area contributed by atoms with E-state index in [0.29, 0.717) is 5.92 Å². The average molecular weight is 367 g/mol. The molecular weight excluding hydrogens is 338 g/mol. The van der Waals surface area contributed by atoms with Crippen molar-refractivity contribution in [3.8, 4) is 0 Å². The molecule has 0 unspecified atom stereocenters. The number of hydrogen-bond acceptors (Lipinski definition) is 4. The highest BCUT2D eigenvalue weighted by molar-refractivity contribution is 5.96. The summed E-state index contributed by atoms with van der Waals surface area (Å²) < 4.78 is 1.98. The zero-order chi connectivity index (χ0) is 19.0. The molecule has 27 heavy (non-hydrogen) atoms. The lowest BCUT2D eigenvalue weighted by Crippen LogP contribution is -2.53. The minimum atomic E-state index is -0.0131. The van der Waals surface area contributed by atoms with Gasteiger partial charge in [-0.15, -0.1) is 0 Å². The third kappa shape index (κ3) is 3.50. The summed E-state index contributed by atoms with van der Waals surface area (Å²) in [6.07, 6.45) is 5.89. The summed E-state index contributed by atoms with van der Waals surface area (Å²) in [5, 5.41) is 4.90. The first kappa shape index (κ1) is 18.2. The Hall–Kier alpha value is -2.21. The lowest BCUT2D eigenvalue weighted by atomic mass is 9.72. The number of rotatable bonds is 4. The van der Waals surface area contributed by atoms with E-state index in [-0.39, 0.29) is 11.3 Å². The van der Waals surface area contributed by atoms with Crippen LogP contribution in [0.15, 0.2) is 30.6 Å². The molecule has 1 spiro atoms. The third-order valence-corrected chi connectivity index (χ3v) is 5.86. The predicted octanol–water partition coefficient (Wildman–Crippen LogP) is 2.55. The first-order chi connectivity index (χ1) is 13.0. The molecule has 0 radical (unpaired) electrons. The number of nitrogens with zero attached hydrogens (tertiary/aromatic N) is 5. The lowest BCUT2D eigenvalue weighted by molar-refractivity contribution is 0.0627. The highest BCUT2D eigenvalue weighted by Crippen LogP contribution is 2.40. The summed E-state index contributed by atoms with van der Waals surface area (Å²) in [4.78, 5) is 21.5. The smallest absolute Gasteiger partial charge is 0.257 e. The SMILES string of the molecule is CC(C)Cn1cc2c(n1)C1(CCN(Cc3ccccn3)CC1)CN(C)C2=O. The van der Waals surface area contributed by atoms with E-state index in [4.69, 9.17) is 5.10 Å². The van der Waals surface area contributed by atoms with Crippen LogP contribution >= 0.6 is 0 Å². The molecule has 0 bridgehead atoms. The number of likely N-dealkylation sites (tertiary alicyclic amines) is 1. The van der Waals surface area contributed by atoms with Crippen LogP contribution in [0.1, 0.15) is 48.4 Å². The summed E-state index contributed by atoms with van der Waals surface area (Å²) in [7, 11) is 1.92. The molecule has 6 heteroatoms. The second kappa shape index (κ2) is 7.08. The van der Waals surface area contributed by atoms with E-state index in [1.165, 1.54) is 0 Å². The summed E-state index contributed by atoms with van der Waals surface area (Å²) >= 11 is 0. The van der Waals surface area contributed by atoms with Crippen LogP contribution in [0, 0.1) is 5.92 Å². The fourth-order valence-corrected chi connectivity index (χ4v) is 4.50. The van der Waals surface area contributed by atoms with Crippen molar-refractivity contribution in [1.82, 2.24) is 24.6 Å². The number of hydrogen-bond donors (Lipinski definition) is 0. The maximum Gasteiger partial charge on any atom is 0.257 e. The minimum Gasteiger partial charge on any atom is -0.341 e. The molecule has 0 N–H and O–H groups in total. The van der Waals surface area contributed by atoms with Crippen LogP contribution in [0.3, 0.4) is 0 Å². The van der Waals surface area contributed by atoms with Gasteiger partial charge in [0.25, 0.3) is 5.91 Å². The molecule has 0 saturated carbocycles. The van der Waals surface area contributed by atoms with E-state index in [1.54, 1.807) is 0 Å². The minimum absolute atomic E-state index is 0.0131. The Bertz CT molecular complexity index is 805. The molecule has 0 aromatic carbocycles. The molecule has 4 heterocycles. The molecule has 1 fully saturated rings. The van der Waals surface area contributed by atoms with E-state index in [2.05, 4.69) is 29.8 Å². The van der Waals surface area contributed by atoms with E-state index in [9.17, 15) is 4.79 Å². The molecule has 4 rings (SSSR count). The molecule has 2 aromatic heterocycles. The second-order valence-electron chi connectivity index (χ2n) is 8.55. The number of piperidine rings is 1. The Kier molecular flexibility index (Phi) is 4.76. The van der Waals surface area contributed by atoms with Crippen molar-refractivity contribution in [2.75, 3.05) is 26.7 Å². The molecule has 2 aliphatic heterocycles. The van der Waals surface area contributed by atoms with Gasteiger partial charge in [0, 0.05) is 44.5 Å². The molecule has 144 valence electrons. The van der Waals surface area contributed by atoms with Gasteiger partial charge >= 0.3 is 0 Å². The Labute approximate surface area is 161 Å². The summed E-state index contributed by atoms with van der Waals surface area (Å²) in [5.74, 6) is 0.622. The third-order valence-electron chi connectivity index (χ3n) is 5.86. The van der Waals surface area contributed by atoms with Crippen molar-refractivity contribution in [3.05, 3.63) is 47.5 Å². The molecular formula is C21H29N5O. The van der Waals surface area contributed by atoms with Crippen molar-refractivity contribution < 1.29 is 4.79 Å². The van der Waals surface area contributed by atoms with Crippen molar-refractivity contribution in [3.63, 3.8) is 0 Å². The first-order valence-corrected chi connectivity index (χ1v) is 9.92. The zero-order valence-electron chi connectivity index (χ0n) is 16.6. The fourth-order valence-electron chi connectivity index (χ4n) is 4.50. The van der Waals surface area contributed by atoms with Crippen LogP contribution in [0.25, 0.3) is 0 Å². The summed E-state index contributed by atoms with van der Waals surface area (Å²) in [6, 6.07) is 6.09. The average Bonchev–Trinajstić information content (AvgIpc) is 3.07. The van der Waals surface area contributed by atoms with E-state index < -0.39 is 0 Å². The Morgan fingerprint density at radius 2 is 2.00 bits per heavy atom. The van der Waals surface area contributed by atoms with Gasteiger partial charge in [0.1, 0.15) is 0 Å². The van der Waals surface area contributed by atoms with E-state index >= 15 is 0 Å². The highest BCUT2D eigenvalue weighted by atomic mass is 16.2. The molecule has 2 aromatic rings. The molecule has 1 saturated heterocycles. The van der Waals surface area contributed by atoms with Gasteiger partial charge in [-0.05, 0) is 44.0 Å². The van der Waals surface area contributed by atoms with Crippen LogP contribution in [0.5, 0.6) is 0 Å². The normalized spacial score (nSPS) is 19.7. The standard InChI is InChI=1S/C21H29N5O/c1-16(2)12-26-14-18-19(23-26)21(15-24(3)20(18)27)7-10-25(11-8-21)13-17-6-4-5-9-22-17/h4-6,9,14,16H,7-8,10-13,15H2,1-3H3. The van der Waals surface area contributed by atoms with Crippen molar-refractivity contribution in [2.24, 2.45) is 5.92 Å². The number of carbonyl (C=O) groups excluding carboxylic acids is 1. The van der Waals surface area contributed by atoms with Crippen molar-refractivity contribution >= 4 is 5.91 Å². The molecule has 6 nitrogen and oxygen atoms in total. The molecule has 1 amide bonds. The number of aromatic nitrogens is 3. The number of fused-ring (bicyclic) bond motifs is 2. The van der Waals surface area contributed by atoms with Crippen LogP contribution < -0.4 is 0 Å². The van der Waals surface area contributed by atoms with Crippen LogP contribution in [-0.4, -0.2) is 57.2 Å². The van der Waals surface area contributed by atoms with Gasteiger partial charge in [0.15, 0.2) is 0 Å². The van der Waals surface area contributed by atoms with Gasteiger partial charge < -0.3 is 4.90 Å². The zero-order valence-corrected chi connectivity index (χ0v) is 16.6. The maximum atomic E-state index is 12.7. The van der Waals surface area contributed by atoms with Crippen LogP contribution in [-0.2, 0) is 18.5 Å². The van der Waals surface area contributed by atoms with E-state index in [1.807, 2.05) is 41.2 Å². The van der Waals surface area contributed by atoms with Crippen molar-refractivity contribution in [1.29, 1.82) is 0 Å². The Balaban J connectivity index is 1.54. The summed E-state index contributed by atoms with van der Waals surface area (Å²) in [6.45, 7) is 8.90. The predicted molar refractivity (Wildman–Crippen MR) is 104 cm³/mol. The number of pyridine rings is 1. The van der Waals surface area contributed by atoms with Crippen molar-refractivity contribution in [2.45, 2.75) is 45.2 Å². The summed E-state index contributed by atoms with van der Waals surface area (Å²) in [5.41, 5.74) is 2.94. The lowest BCUT2D eigenvalue weighted by Gasteiger charge is -2.45. The topological polar surface area (TPSA) is 54.3 Å². The number of amides is 1. The Morgan fingerprint density at radius 3 is 2.67 bits per heavy atom. The quantitative estimate of drug-likeness (QED) is 0.833. The van der Waals surface area contributed by atoms with Gasteiger partial charge in [-0.2, -0.15) is 5.10 Å². The van der Waals surface area contributed by atoms with Crippen LogP contribution in [0.4, 0.5) is 0 Å². The maximum absolute atomic E-state index is 12.7. The fraction of sp³-hybridized carbons (Fsp3) is 0.571. The van der Waals surface area contributed by atoms with Gasteiger partial charge in [-0.25, -0.2) is 0 Å². The molecule has 0 atom stereocenters. The molecule has 2 aliphatic rings. The molecule has 0 aliphatic carbocycles. The Morgan fingerprint density at radius 1 is 1.22 bits per heavy atom. The van der Waals surface area contributed by atoms with E-state index in [0.717, 1.165) is 62.5 Å². The largest absolute Gasteiger partial charge is 0.341 e. The number of carbonyl (C=O) groups is 1. The number of likely N-dealkylation sites (N-methyl/N-ethyl adjacent to an activating group) is 1. The monoisotopic (exact) mass is 367 g/mol. The van der Waals surface area contributed by atoms with Gasteiger partial charge in [-0.1, -0.05) is 19.9 Å². The second-order valence-corrected chi connectivity index (χ2v) is 8.55. The van der Waals surface area contributed by atoms with Crippen LogP contribution in [0.2, 0.25) is 0 Å². The van der Waals surface area contributed by atoms with Gasteiger partial charge in [0.2, 0.25) is 0 Å². The van der Waals surface area contributed by atoms with Gasteiger partial charge in [-0.3, -0.25) is 19.4 Å². The van der Waals surface area contributed by atoms with Gasteiger partial charge in [0.05, 0.1) is 17.0 Å². The first-order valence-electron chi connectivity index (χ1n) is 9.92. The highest BCUT2D eigenvalue weighted by Gasteiger charge is 2.46.